The number of nitrogens with zero attached hydrogens (tertiary/aromatic N) is 2. The van der Waals surface area contributed by atoms with Crippen LogP contribution in [0.1, 0.15) is 30.1 Å². The van der Waals surface area contributed by atoms with Crippen LogP contribution in [-0.2, 0) is 11.3 Å². The third-order valence-corrected chi connectivity index (χ3v) is 2.15. The lowest BCUT2D eigenvalue weighted by Crippen LogP contribution is -2.38. The van der Waals surface area contributed by atoms with Crippen molar-refractivity contribution in [3.63, 3.8) is 0 Å². The first kappa shape index (κ1) is 13.1. The van der Waals surface area contributed by atoms with Crippen LogP contribution >= 0.6 is 0 Å². The molecule has 92 valence electrons. The van der Waals surface area contributed by atoms with E-state index in [1.54, 1.807) is 16.9 Å². The largest absolute Gasteiger partial charge is 0.481 e. The third-order valence-electron chi connectivity index (χ3n) is 2.15. The highest BCUT2D eigenvalue weighted by molar-refractivity contribution is 5.93. The molecule has 0 bridgehead atoms. The number of nitrogens with one attached hydrogen (secondary N) is 1. The zero-order chi connectivity index (χ0) is 12.7. The van der Waals surface area contributed by atoms with E-state index in [0.29, 0.717) is 25.1 Å². The van der Waals surface area contributed by atoms with Crippen molar-refractivity contribution in [2.24, 2.45) is 0 Å². The van der Waals surface area contributed by atoms with Crippen LogP contribution < -0.4 is 10.00 Å². The molecule has 0 aliphatic carbocycles. The lowest BCUT2D eigenvalue weighted by Gasteiger charge is -1.99. The molecule has 0 atom stereocenters. The minimum absolute atomic E-state index is 0.118. The molecule has 0 saturated carbocycles. The Balaban J connectivity index is 2.50. The molecule has 0 unspecified atom stereocenters. The molecular formula is C11H16N3O3+. The van der Waals surface area contributed by atoms with Crippen LogP contribution in [0.25, 0.3) is 0 Å². The summed E-state index contributed by atoms with van der Waals surface area (Å²) in [5.41, 5.74) is 0.501. The zero-order valence-corrected chi connectivity index (χ0v) is 9.72. The Labute approximate surface area is 99.3 Å². The smallest absolute Gasteiger partial charge is 0.303 e. The predicted octanol–water partition coefficient (Wildman–Crippen LogP) is -0.0164. The maximum absolute atomic E-state index is 11.4. The van der Waals surface area contributed by atoms with Gasteiger partial charge in [0.2, 0.25) is 0 Å². The molecule has 6 heteroatoms. The number of aryl methyl sites for hydroxylation is 1. The monoisotopic (exact) mass is 238 g/mol. The quantitative estimate of drug-likeness (QED) is 0.682. The molecule has 1 heterocycles. The second kappa shape index (κ2) is 6.57. The van der Waals surface area contributed by atoms with Gasteiger partial charge in [0.25, 0.3) is 5.91 Å². The first-order valence-electron chi connectivity index (χ1n) is 5.49. The highest BCUT2D eigenvalue weighted by Crippen LogP contribution is 1.93. The Kier molecular flexibility index (Phi) is 5.06. The Morgan fingerprint density at radius 3 is 2.82 bits per heavy atom. The van der Waals surface area contributed by atoms with Crippen LogP contribution in [0.5, 0.6) is 0 Å². The van der Waals surface area contributed by atoms with Gasteiger partial charge in [-0.1, -0.05) is 4.68 Å². The van der Waals surface area contributed by atoms with E-state index in [1.807, 2.05) is 6.92 Å². The van der Waals surface area contributed by atoms with Crippen LogP contribution in [0.2, 0.25) is 0 Å². The molecule has 17 heavy (non-hydrogen) atoms. The second-order valence-corrected chi connectivity index (χ2v) is 3.54. The molecule has 0 aliphatic rings. The van der Waals surface area contributed by atoms with Gasteiger partial charge in [-0.3, -0.25) is 9.59 Å². The number of hydrogen-bond acceptors (Lipinski definition) is 3. The maximum atomic E-state index is 11.4. The molecule has 1 aromatic rings. The minimum Gasteiger partial charge on any atom is -0.481 e. The number of carbonyl (C=O) groups is 2. The summed E-state index contributed by atoms with van der Waals surface area (Å²) < 4.78 is 1.62. The Hall–Kier alpha value is -1.98. The van der Waals surface area contributed by atoms with Crippen molar-refractivity contribution in [1.82, 2.24) is 10.4 Å². The molecule has 0 aromatic carbocycles. The van der Waals surface area contributed by atoms with E-state index in [0.717, 1.165) is 0 Å². The first-order chi connectivity index (χ1) is 8.13. The van der Waals surface area contributed by atoms with Gasteiger partial charge < -0.3 is 10.4 Å². The average Bonchev–Trinajstić information content (AvgIpc) is 2.30. The van der Waals surface area contributed by atoms with E-state index in [-0.39, 0.29) is 12.3 Å². The van der Waals surface area contributed by atoms with E-state index in [1.165, 1.54) is 6.20 Å². The highest BCUT2D eigenvalue weighted by Gasteiger charge is 2.09. The number of carboxylic acid groups (broad SMARTS) is 1. The maximum Gasteiger partial charge on any atom is 0.303 e. The van der Waals surface area contributed by atoms with Crippen molar-refractivity contribution < 1.29 is 19.4 Å². The number of amides is 1. The predicted molar refractivity (Wildman–Crippen MR) is 59.3 cm³/mol. The van der Waals surface area contributed by atoms with Gasteiger partial charge in [0.15, 0.2) is 12.7 Å². The second-order valence-electron chi connectivity index (χ2n) is 3.54. The van der Waals surface area contributed by atoms with E-state index >= 15 is 0 Å². The van der Waals surface area contributed by atoms with Crippen molar-refractivity contribution >= 4 is 11.9 Å². The van der Waals surface area contributed by atoms with Gasteiger partial charge >= 0.3 is 5.97 Å². The van der Waals surface area contributed by atoms with Crippen LogP contribution in [0, 0.1) is 0 Å². The summed E-state index contributed by atoms with van der Waals surface area (Å²) in [5, 5.41) is 15.2. The Morgan fingerprint density at radius 2 is 2.29 bits per heavy atom. The lowest BCUT2D eigenvalue weighted by molar-refractivity contribution is -0.754. The molecule has 0 spiro atoms. The molecule has 0 fully saturated rings. The molecule has 1 amide bonds. The number of carbonyl (C=O) groups excluding carboxylic acids is 1. The molecule has 0 radical (unpaired) electrons. The first-order valence-corrected chi connectivity index (χ1v) is 5.49. The highest BCUT2D eigenvalue weighted by atomic mass is 16.4. The average molecular weight is 238 g/mol. The molecular weight excluding hydrogens is 222 g/mol. The summed E-state index contributed by atoms with van der Waals surface area (Å²) in [6.45, 7) is 2.95. The van der Waals surface area contributed by atoms with Crippen LogP contribution in [0.15, 0.2) is 18.5 Å². The number of hydrogen-bond donors (Lipinski definition) is 2. The number of rotatable bonds is 6. The van der Waals surface area contributed by atoms with Gasteiger partial charge in [-0.2, -0.15) is 0 Å². The Bertz CT molecular complexity index is 389. The summed E-state index contributed by atoms with van der Waals surface area (Å²) in [4.78, 5) is 21.7. The van der Waals surface area contributed by atoms with Gasteiger partial charge in [-0.15, -0.1) is 0 Å². The third kappa shape index (κ3) is 4.58. The summed E-state index contributed by atoms with van der Waals surface area (Å²) in [6.07, 6.45) is 3.79. The molecule has 0 aliphatic heterocycles. The fourth-order valence-corrected chi connectivity index (χ4v) is 1.31. The standard InChI is InChI=1S/C11H15N3O3/c1-2-12-11(17)9-5-7-14(13-8-9)6-3-4-10(15)16/h5,7-8H,2-4,6H2,1H3,(H-,12,15,16,17)/p+1. The van der Waals surface area contributed by atoms with Gasteiger partial charge in [0.05, 0.1) is 12.0 Å². The molecule has 6 nitrogen and oxygen atoms in total. The summed E-state index contributed by atoms with van der Waals surface area (Å²) in [7, 11) is 0. The SMILES string of the molecule is CCNC(=O)c1cc[n+](CCCC(=O)O)nc1. The number of aliphatic carboxylic acids is 1. The number of carboxylic acids is 1. The summed E-state index contributed by atoms with van der Waals surface area (Å²) in [6, 6.07) is 1.67. The van der Waals surface area contributed by atoms with Crippen molar-refractivity contribution in [2.45, 2.75) is 26.3 Å². The van der Waals surface area contributed by atoms with Crippen molar-refractivity contribution in [2.75, 3.05) is 6.54 Å². The molecule has 1 rings (SSSR count). The normalized spacial score (nSPS) is 9.94. The zero-order valence-electron chi connectivity index (χ0n) is 9.72. The van der Waals surface area contributed by atoms with Gasteiger partial charge in [-0.25, -0.2) is 0 Å². The van der Waals surface area contributed by atoms with E-state index in [4.69, 9.17) is 5.11 Å². The van der Waals surface area contributed by atoms with Gasteiger partial charge in [0, 0.05) is 19.0 Å². The van der Waals surface area contributed by atoms with Crippen molar-refractivity contribution in [3.05, 3.63) is 24.0 Å². The van der Waals surface area contributed by atoms with Crippen LogP contribution in [-0.4, -0.2) is 28.6 Å². The Morgan fingerprint density at radius 1 is 1.53 bits per heavy atom. The van der Waals surface area contributed by atoms with Gasteiger partial charge in [-0.05, 0) is 12.0 Å². The van der Waals surface area contributed by atoms with Crippen LogP contribution in [0.4, 0.5) is 0 Å². The lowest BCUT2D eigenvalue weighted by atomic mass is 10.3. The fraction of sp³-hybridized carbons (Fsp3) is 0.455. The summed E-state index contributed by atoms with van der Waals surface area (Å²) >= 11 is 0. The summed E-state index contributed by atoms with van der Waals surface area (Å²) in [5.74, 6) is -0.970. The van der Waals surface area contributed by atoms with Crippen molar-refractivity contribution in [3.8, 4) is 0 Å². The van der Waals surface area contributed by atoms with E-state index in [9.17, 15) is 9.59 Å². The molecule has 0 saturated heterocycles. The van der Waals surface area contributed by atoms with Crippen molar-refractivity contribution in [1.29, 1.82) is 0 Å². The van der Waals surface area contributed by atoms with Crippen LogP contribution in [0.3, 0.4) is 0 Å². The topological polar surface area (TPSA) is 83.2 Å². The number of aromatic nitrogens is 2. The van der Waals surface area contributed by atoms with E-state index < -0.39 is 5.97 Å². The van der Waals surface area contributed by atoms with E-state index in [2.05, 4.69) is 10.4 Å². The molecule has 1 aromatic heterocycles. The minimum atomic E-state index is -0.815. The van der Waals surface area contributed by atoms with Gasteiger partial charge in [0.1, 0.15) is 6.20 Å². The fourth-order valence-electron chi connectivity index (χ4n) is 1.31. The molecule has 2 N–H and O–H groups in total.